The molecule has 0 aliphatic rings. The van der Waals surface area contributed by atoms with Crippen LogP contribution in [0.15, 0.2) is 36.7 Å². The van der Waals surface area contributed by atoms with Crippen molar-refractivity contribution in [1.29, 1.82) is 0 Å². The van der Waals surface area contributed by atoms with E-state index in [4.69, 9.17) is 0 Å². The van der Waals surface area contributed by atoms with Crippen LogP contribution in [0, 0.1) is 5.92 Å². The van der Waals surface area contributed by atoms with Crippen LogP contribution in [-0.4, -0.2) is 11.5 Å². The van der Waals surface area contributed by atoms with Gasteiger partial charge in [-0.15, -0.1) is 0 Å². The zero-order valence-electron chi connectivity index (χ0n) is 10.6. The van der Waals surface area contributed by atoms with Crippen LogP contribution in [-0.2, 0) is 6.54 Å². The molecule has 0 fully saturated rings. The fourth-order valence-corrected chi connectivity index (χ4v) is 1.87. The molecule has 2 nitrogen and oxygen atoms in total. The summed E-state index contributed by atoms with van der Waals surface area (Å²) >= 11 is 0. The maximum absolute atomic E-state index is 4.12. The molecule has 0 unspecified atom stereocenters. The molecule has 2 rings (SSSR count). The maximum Gasteiger partial charge on any atom is 0.0346 e. The van der Waals surface area contributed by atoms with E-state index in [0.29, 0.717) is 0 Å². The number of hydrogen-bond acceptors (Lipinski definition) is 2. The average molecular weight is 228 g/mol. The fraction of sp³-hybridized carbons (Fsp3) is 0.400. The van der Waals surface area contributed by atoms with Gasteiger partial charge in [-0.2, -0.15) is 0 Å². The van der Waals surface area contributed by atoms with Gasteiger partial charge < -0.3 is 5.32 Å². The smallest absolute Gasteiger partial charge is 0.0346 e. The number of rotatable bonds is 5. The molecule has 0 aliphatic carbocycles. The van der Waals surface area contributed by atoms with Crippen LogP contribution in [0.4, 0.5) is 0 Å². The second kappa shape index (κ2) is 5.78. The fourth-order valence-electron chi connectivity index (χ4n) is 1.87. The van der Waals surface area contributed by atoms with E-state index < -0.39 is 0 Å². The van der Waals surface area contributed by atoms with Gasteiger partial charge in [-0.05, 0) is 42.0 Å². The molecule has 0 spiro atoms. The summed E-state index contributed by atoms with van der Waals surface area (Å²) in [7, 11) is 0. The number of nitrogens with one attached hydrogen (secondary N) is 1. The minimum atomic E-state index is 0.769. The van der Waals surface area contributed by atoms with E-state index in [1.165, 1.54) is 22.8 Å². The first kappa shape index (κ1) is 12.1. The Morgan fingerprint density at radius 3 is 2.88 bits per heavy atom. The van der Waals surface area contributed by atoms with Crippen LogP contribution in [0.1, 0.15) is 25.8 Å². The summed E-state index contributed by atoms with van der Waals surface area (Å²) in [5, 5.41) is 5.96. The SMILES string of the molecule is CC(C)CCNCc1ccc2cnccc2c1. The minimum absolute atomic E-state index is 0.769. The third-order valence-electron chi connectivity index (χ3n) is 2.93. The molecule has 2 heteroatoms. The second-order valence-electron chi connectivity index (χ2n) is 4.92. The standard InChI is InChI=1S/C15H20N2/c1-12(2)5-7-16-10-13-3-4-15-11-17-8-6-14(15)9-13/h3-4,6,8-9,11-12,16H,5,7,10H2,1-2H3. The maximum atomic E-state index is 4.12. The molecular formula is C15H20N2. The molecule has 90 valence electrons. The molecule has 1 N–H and O–H groups in total. The van der Waals surface area contributed by atoms with Crippen molar-refractivity contribution in [2.24, 2.45) is 5.92 Å². The summed E-state index contributed by atoms with van der Waals surface area (Å²) in [4.78, 5) is 4.12. The van der Waals surface area contributed by atoms with Gasteiger partial charge in [0.25, 0.3) is 0 Å². The van der Waals surface area contributed by atoms with Gasteiger partial charge in [0.05, 0.1) is 0 Å². The van der Waals surface area contributed by atoms with Gasteiger partial charge in [-0.1, -0.05) is 26.0 Å². The Balaban J connectivity index is 1.95. The molecule has 17 heavy (non-hydrogen) atoms. The largest absolute Gasteiger partial charge is 0.313 e. The molecule has 0 saturated carbocycles. The van der Waals surface area contributed by atoms with Gasteiger partial charge in [-0.3, -0.25) is 4.98 Å². The van der Waals surface area contributed by atoms with Crippen LogP contribution in [0.2, 0.25) is 0 Å². The molecule has 1 aromatic carbocycles. The second-order valence-corrected chi connectivity index (χ2v) is 4.92. The predicted octanol–water partition coefficient (Wildman–Crippen LogP) is 3.37. The third kappa shape index (κ3) is 3.53. The Morgan fingerprint density at radius 1 is 1.18 bits per heavy atom. The lowest BCUT2D eigenvalue weighted by Gasteiger charge is -2.07. The van der Waals surface area contributed by atoms with Crippen molar-refractivity contribution in [3.63, 3.8) is 0 Å². The number of fused-ring (bicyclic) bond motifs is 1. The first-order valence-electron chi connectivity index (χ1n) is 6.29. The first-order valence-corrected chi connectivity index (χ1v) is 6.29. The van der Waals surface area contributed by atoms with E-state index in [1.54, 1.807) is 0 Å². The van der Waals surface area contributed by atoms with Crippen molar-refractivity contribution < 1.29 is 0 Å². The Labute approximate surface area is 103 Å². The Kier molecular flexibility index (Phi) is 4.10. The van der Waals surface area contributed by atoms with Crippen molar-refractivity contribution in [2.45, 2.75) is 26.8 Å². The zero-order valence-corrected chi connectivity index (χ0v) is 10.6. The Bertz CT molecular complexity index is 477. The zero-order chi connectivity index (χ0) is 12.1. The molecule has 0 bridgehead atoms. The highest BCUT2D eigenvalue weighted by atomic mass is 14.8. The van der Waals surface area contributed by atoms with Gasteiger partial charge in [0.2, 0.25) is 0 Å². The molecule has 0 radical (unpaired) electrons. The Hall–Kier alpha value is -1.41. The van der Waals surface area contributed by atoms with Crippen LogP contribution >= 0.6 is 0 Å². The van der Waals surface area contributed by atoms with Gasteiger partial charge in [0.15, 0.2) is 0 Å². The minimum Gasteiger partial charge on any atom is -0.313 e. The summed E-state index contributed by atoms with van der Waals surface area (Å²) in [5.74, 6) is 0.769. The molecule has 0 aliphatic heterocycles. The number of nitrogens with zero attached hydrogens (tertiary/aromatic N) is 1. The quantitative estimate of drug-likeness (QED) is 0.794. The third-order valence-corrected chi connectivity index (χ3v) is 2.93. The van der Waals surface area contributed by atoms with E-state index in [0.717, 1.165) is 19.0 Å². The van der Waals surface area contributed by atoms with E-state index in [9.17, 15) is 0 Å². The first-order chi connectivity index (χ1) is 8.25. The summed E-state index contributed by atoms with van der Waals surface area (Å²) < 4.78 is 0. The van der Waals surface area contributed by atoms with E-state index in [-0.39, 0.29) is 0 Å². The molecule has 0 saturated heterocycles. The number of pyridine rings is 1. The van der Waals surface area contributed by atoms with Gasteiger partial charge in [0.1, 0.15) is 0 Å². The van der Waals surface area contributed by atoms with E-state index in [1.807, 2.05) is 12.4 Å². The molecule has 1 heterocycles. The summed E-state index contributed by atoms with van der Waals surface area (Å²) in [6.07, 6.45) is 4.99. The summed E-state index contributed by atoms with van der Waals surface area (Å²) in [6.45, 7) is 6.55. The number of aromatic nitrogens is 1. The van der Waals surface area contributed by atoms with E-state index in [2.05, 4.69) is 48.4 Å². The molecule has 2 aromatic rings. The van der Waals surface area contributed by atoms with Crippen LogP contribution in [0.5, 0.6) is 0 Å². The van der Waals surface area contributed by atoms with Crippen molar-refractivity contribution in [1.82, 2.24) is 10.3 Å². The lowest BCUT2D eigenvalue weighted by molar-refractivity contribution is 0.537. The summed E-state index contributed by atoms with van der Waals surface area (Å²) in [5.41, 5.74) is 1.34. The lowest BCUT2D eigenvalue weighted by Crippen LogP contribution is -2.16. The van der Waals surface area contributed by atoms with Crippen molar-refractivity contribution >= 4 is 10.8 Å². The molecular weight excluding hydrogens is 208 g/mol. The van der Waals surface area contributed by atoms with Gasteiger partial charge in [-0.25, -0.2) is 0 Å². The van der Waals surface area contributed by atoms with Crippen molar-refractivity contribution in [3.8, 4) is 0 Å². The Morgan fingerprint density at radius 2 is 2.06 bits per heavy atom. The monoisotopic (exact) mass is 228 g/mol. The van der Waals surface area contributed by atoms with Crippen LogP contribution < -0.4 is 5.32 Å². The molecule has 0 amide bonds. The highest BCUT2D eigenvalue weighted by Gasteiger charge is 1.97. The topological polar surface area (TPSA) is 24.9 Å². The summed E-state index contributed by atoms with van der Waals surface area (Å²) in [6, 6.07) is 8.61. The van der Waals surface area contributed by atoms with Gasteiger partial charge >= 0.3 is 0 Å². The lowest BCUT2D eigenvalue weighted by atomic mass is 10.1. The van der Waals surface area contributed by atoms with Gasteiger partial charge in [0, 0.05) is 24.3 Å². The highest BCUT2D eigenvalue weighted by Crippen LogP contribution is 2.14. The number of hydrogen-bond donors (Lipinski definition) is 1. The van der Waals surface area contributed by atoms with Crippen molar-refractivity contribution in [2.75, 3.05) is 6.54 Å². The average Bonchev–Trinajstić information content (AvgIpc) is 2.34. The van der Waals surface area contributed by atoms with Crippen LogP contribution in [0.25, 0.3) is 10.8 Å². The highest BCUT2D eigenvalue weighted by molar-refractivity contribution is 5.81. The van der Waals surface area contributed by atoms with Crippen molar-refractivity contribution in [3.05, 3.63) is 42.2 Å². The molecule has 0 atom stereocenters. The van der Waals surface area contributed by atoms with E-state index >= 15 is 0 Å². The van der Waals surface area contributed by atoms with Crippen LogP contribution in [0.3, 0.4) is 0 Å². The number of benzene rings is 1. The predicted molar refractivity (Wildman–Crippen MR) is 72.9 cm³/mol. The molecule has 1 aromatic heterocycles. The normalized spacial score (nSPS) is 11.2.